The fraction of sp³-hybridized carbons (Fsp3) is 0.667. The van der Waals surface area contributed by atoms with Crippen molar-refractivity contribution in [2.75, 3.05) is 0 Å². The molecule has 0 aromatic rings. The molecule has 84 valence electrons. The number of carboxylic acid groups (broad SMARTS) is 1. The molecule has 15 heavy (non-hydrogen) atoms. The van der Waals surface area contributed by atoms with Gasteiger partial charge in [0, 0.05) is 0 Å². The number of nitrogens with zero attached hydrogens (tertiary/aromatic N) is 1. The second-order valence-corrected chi connectivity index (χ2v) is 3.89. The minimum absolute atomic E-state index is 0.0487. The second-order valence-electron chi connectivity index (χ2n) is 3.89. The number of hydrogen-bond donors (Lipinski definition) is 2. The molecule has 1 rings (SSSR count). The first-order valence-electron chi connectivity index (χ1n) is 4.72. The van der Waals surface area contributed by atoms with Crippen molar-refractivity contribution in [2.45, 2.75) is 32.9 Å². The molecule has 0 bridgehead atoms. The number of imide groups is 1. The predicted molar refractivity (Wildman–Crippen MR) is 51.1 cm³/mol. The fourth-order valence-electron chi connectivity index (χ4n) is 1.44. The number of carbonyl (C=O) groups is 3. The lowest BCUT2D eigenvalue weighted by molar-refractivity contribution is -0.146. The van der Waals surface area contributed by atoms with E-state index in [-0.39, 0.29) is 5.92 Å². The molecule has 2 N–H and O–H groups in total. The first-order chi connectivity index (χ1) is 6.86. The SMILES string of the molecule is CC(C)[C@@H]1NC(=O)N([C@@H](C)C(=O)O)C1=O. The average molecular weight is 214 g/mol. The van der Waals surface area contributed by atoms with Crippen LogP contribution in [0.4, 0.5) is 4.79 Å². The molecule has 0 spiro atoms. The number of carbonyl (C=O) groups excluding carboxylic acids is 2. The summed E-state index contributed by atoms with van der Waals surface area (Å²) in [5.41, 5.74) is 0. The number of aliphatic carboxylic acids is 1. The van der Waals surface area contributed by atoms with Gasteiger partial charge in [0.05, 0.1) is 0 Å². The van der Waals surface area contributed by atoms with Gasteiger partial charge in [0.25, 0.3) is 5.91 Å². The van der Waals surface area contributed by atoms with E-state index in [0.717, 1.165) is 4.90 Å². The van der Waals surface area contributed by atoms with Crippen LogP contribution in [0.25, 0.3) is 0 Å². The lowest BCUT2D eigenvalue weighted by atomic mass is 10.0. The number of carboxylic acids is 1. The van der Waals surface area contributed by atoms with Gasteiger partial charge in [-0.05, 0) is 12.8 Å². The van der Waals surface area contributed by atoms with E-state index in [1.165, 1.54) is 6.92 Å². The summed E-state index contributed by atoms with van der Waals surface area (Å²) in [5.74, 6) is -1.71. The summed E-state index contributed by atoms with van der Waals surface area (Å²) in [6.07, 6.45) is 0. The van der Waals surface area contributed by atoms with Crippen molar-refractivity contribution < 1.29 is 19.5 Å². The number of hydrogen-bond acceptors (Lipinski definition) is 3. The van der Waals surface area contributed by atoms with Gasteiger partial charge < -0.3 is 10.4 Å². The second kappa shape index (κ2) is 3.88. The molecule has 1 aliphatic heterocycles. The van der Waals surface area contributed by atoms with Crippen LogP contribution in [0.15, 0.2) is 0 Å². The Morgan fingerprint density at radius 2 is 1.93 bits per heavy atom. The van der Waals surface area contributed by atoms with Crippen molar-refractivity contribution in [1.29, 1.82) is 0 Å². The Balaban J connectivity index is 2.89. The van der Waals surface area contributed by atoms with E-state index < -0.39 is 30.0 Å². The van der Waals surface area contributed by atoms with E-state index in [1.54, 1.807) is 13.8 Å². The summed E-state index contributed by atoms with van der Waals surface area (Å²) in [6, 6.07) is -2.37. The van der Waals surface area contributed by atoms with Crippen LogP contribution in [0, 0.1) is 5.92 Å². The molecule has 0 radical (unpaired) electrons. The van der Waals surface area contributed by atoms with Crippen molar-refractivity contribution in [3.8, 4) is 0 Å². The molecule has 3 amide bonds. The van der Waals surface area contributed by atoms with Crippen molar-refractivity contribution in [1.82, 2.24) is 10.2 Å². The number of nitrogens with one attached hydrogen (secondary N) is 1. The Bertz CT molecular complexity index is 313. The van der Waals surface area contributed by atoms with Crippen LogP contribution in [0.1, 0.15) is 20.8 Å². The van der Waals surface area contributed by atoms with Gasteiger partial charge in [-0.3, -0.25) is 4.79 Å². The average Bonchev–Trinajstić information content (AvgIpc) is 2.41. The highest BCUT2D eigenvalue weighted by molar-refractivity contribution is 6.06. The molecule has 0 aromatic heterocycles. The lowest BCUT2D eigenvalue weighted by Crippen LogP contribution is -2.44. The summed E-state index contributed by atoms with van der Waals surface area (Å²) in [5, 5.41) is 11.2. The normalized spacial score (nSPS) is 23.2. The van der Waals surface area contributed by atoms with E-state index in [1.807, 2.05) is 0 Å². The number of rotatable bonds is 3. The molecule has 0 aliphatic carbocycles. The maximum absolute atomic E-state index is 11.7. The van der Waals surface area contributed by atoms with Crippen LogP contribution in [0.2, 0.25) is 0 Å². The van der Waals surface area contributed by atoms with E-state index in [2.05, 4.69) is 5.32 Å². The number of amides is 3. The smallest absolute Gasteiger partial charge is 0.326 e. The van der Waals surface area contributed by atoms with Gasteiger partial charge in [-0.2, -0.15) is 0 Å². The Morgan fingerprint density at radius 3 is 2.27 bits per heavy atom. The molecule has 1 saturated heterocycles. The Kier molecular flexibility index (Phi) is 2.97. The van der Waals surface area contributed by atoms with Crippen LogP contribution in [-0.4, -0.2) is 40.0 Å². The minimum atomic E-state index is -1.19. The van der Waals surface area contributed by atoms with Crippen molar-refractivity contribution in [3.63, 3.8) is 0 Å². The molecule has 1 heterocycles. The van der Waals surface area contributed by atoms with Gasteiger partial charge in [0.2, 0.25) is 0 Å². The topological polar surface area (TPSA) is 86.7 Å². The summed E-state index contributed by atoms with van der Waals surface area (Å²) in [7, 11) is 0. The van der Waals surface area contributed by atoms with Gasteiger partial charge in [-0.1, -0.05) is 13.8 Å². The van der Waals surface area contributed by atoms with Gasteiger partial charge in [-0.25, -0.2) is 14.5 Å². The lowest BCUT2D eigenvalue weighted by Gasteiger charge is -2.17. The fourth-order valence-corrected chi connectivity index (χ4v) is 1.44. The van der Waals surface area contributed by atoms with Gasteiger partial charge in [0.1, 0.15) is 12.1 Å². The number of urea groups is 1. The molecule has 0 unspecified atom stereocenters. The van der Waals surface area contributed by atoms with E-state index in [0.29, 0.717) is 0 Å². The van der Waals surface area contributed by atoms with Crippen LogP contribution < -0.4 is 5.32 Å². The third-order valence-corrected chi connectivity index (χ3v) is 2.41. The molecule has 0 aromatic carbocycles. The van der Waals surface area contributed by atoms with E-state index >= 15 is 0 Å². The molecular formula is C9H14N2O4. The van der Waals surface area contributed by atoms with Crippen LogP contribution >= 0.6 is 0 Å². The van der Waals surface area contributed by atoms with E-state index in [9.17, 15) is 14.4 Å². The van der Waals surface area contributed by atoms with Crippen LogP contribution in [-0.2, 0) is 9.59 Å². The van der Waals surface area contributed by atoms with E-state index in [4.69, 9.17) is 5.11 Å². The summed E-state index contributed by atoms with van der Waals surface area (Å²) in [6.45, 7) is 4.89. The molecule has 2 atom stereocenters. The highest BCUT2D eigenvalue weighted by atomic mass is 16.4. The summed E-state index contributed by atoms with van der Waals surface area (Å²) in [4.78, 5) is 34.5. The highest BCUT2D eigenvalue weighted by Crippen LogP contribution is 2.16. The molecule has 6 nitrogen and oxygen atoms in total. The van der Waals surface area contributed by atoms with Crippen molar-refractivity contribution in [2.24, 2.45) is 5.92 Å². The van der Waals surface area contributed by atoms with Crippen molar-refractivity contribution in [3.05, 3.63) is 0 Å². The van der Waals surface area contributed by atoms with Gasteiger partial charge in [0.15, 0.2) is 0 Å². The first kappa shape index (κ1) is 11.5. The quantitative estimate of drug-likeness (QED) is 0.649. The zero-order valence-corrected chi connectivity index (χ0v) is 8.85. The maximum atomic E-state index is 11.7. The Hall–Kier alpha value is -1.59. The molecular weight excluding hydrogens is 200 g/mol. The summed E-state index contributed by atoms with van der Waals surface area (Å²) < 4.78 is 0. The first-order valence-corrected chi connectivity index (χ1v) is 4.72. The monoisotopic (exact) mass is 214 g/mol. The van der Waals surface area contributed by atoms with Crippen LogP contribution in [0.5, 0.6) is 0 Å². The van der Waals surface area contributed by atoms with Gasteiger partial charge >= 0.3 is 12.0 Å². The zero-order chi connectivity index (χ0) is 11.7. The standard InChI is InChI=1S/C9H14N2O4/c1-4(2)6-7(12)11(9(15)10-6)5(3)8(13)14/h4-6H,1-3H3,(H,10,15)(H,13,14)/t5-,6-/m0/s1. The molecule has 1 fully saturated rings. The third kappa shape index (κ3) is 1.93. The Morgan fingerprint density at radius 1 is 1.40 bits per heavy atom. The molecule has 0 saturated carbocycles. The predicted octanol–water partition coefficient (Wildman–Crippen LogP) is 0.0359. The largest absolute Gasteiger partial charge is 0.480 e. The molecule has 6 heteroatoms. The van der Waals surface area contributed by atoms with Gasteiger partial charge in [-0.15, -0.1) is 0 Å². The maximum Gasteiger partial charge on any atom is 0.326 e. The zero-order valence-electron chi connectivity index (χ0n) is 8.85. The van der Waals surface area contributed by atoms with Crippen LogP contribution in [0.3, 0.4) is 0 Å². The van der Waals surface area contributed by atoms with Crippen molar-refractivity contribution >= 4 is 17.9 Å². The summed E-state index contributed by atoms with van der Waals surface area (Å²) >= 11 is 0. The Labute approximate surface area is 87.2 Å². The minimum Gasteiger partial charge on any atom is -0.480 e. The molecule has 1 aliphatic rings. The highest BCUT2D eigenvalue weighted by Gasteiger charge is 2.43. The third-order valence-electron chi connectivity index (χ3n) is 2.41.